The maximum absolute atomic E-state index is 12.8. The highest BCUT2D eigenvalue weighted by Gasteiger charge is 1.96. The van der Waals surface area contributed by atoms with Crippen LogP contribution in [0.3, 0.4) is 0 Å². The predicted octanol–water partition coefficient (Wildman–Crippen LogP) is 4.78. The van der Waals surface area contributed by atoms with Crippen molar-refractivity contribution in [2.45, 2.75) is 32.7 Å². The monoisotopic (exact) mass is 257 g/mol. The Morgan fingerprint density at radius 2 is 1.53 bits per heavy atom. The van der Waals surface area contributed by atoms with Crippen LogP contribution in [0.25, 0.3) is 0 Å². The van der Waals surface area contributed by atoms with E-state index in [0.717, 1.165) is 18.7 Å². The fourth-order valence-corrected chi connectivity index (χ4v) is 1.98. The molecule has 2 rings (SSSR count). The third-order valence-corrected chi connectivity index (χ3v) is 3.18. The van der Waals surface area contributed by atoms with Gasteiger partial charge in [0, 0.05) is 12.2 Å². The van der Waals surface area contributed by atoms with Crippen LogP contribution in [0.2, 0.25) is 0 Å². The third-order valence-electron chi connectivity index (χ3n) is 3.18. The Kier molecular flexibility index (Phi) is 4.96. The van der Waals surface area contributed by atoms with Crippen molar-refractivity contribution in [3.8, 4) is 0 Å². The Morgan fingerprint density at radius 3 is 2.16 bits per heavy atom. The molecular weight excluding hydrogens is 237 g/mol. The first-order valence-corrected chi connectivity index (χ1v) is 6.85. The van der Waals surface area contributed by atoms with E-state index in [1.165, 1.54) is 36.1 Å². The molecular formula is C17H20FN. The number of hydrogen-bond acceptors (Lipinski definition) is 1. The quantitative estimate of drug-likeness (QED) is 0.785. The standard InChI is InChI=1S/C17H20FN/c1-2-3-4-14-5-7-15(8-6-14)13-19-17-11-9-16(18)10-12-17/h5-12,19H,2-4,13H2,1H3. The van der Waals surface area contributed by atoms with Gasteiger partial charge in [0.1, 0.15) is 5.82 Å². The van der Waals surface area contributed by atoms with Crippen molar-refractivity contribution in [1.82, 2.24) is 0 Å². The summed E-state index contributed by atoms with van der Waals surface area (Å²) in [6.45, 7) is 2.97. The molecule has 0 unspecified atom stereocenters. The fourth-order valence-electron chi connectivity index (χ4n) is 1.98. The molecule has 0 saturated carbocycles. The van der Waals surface area contributed by atoms with Crippen molar-refractivity contribution in [2.24, 2.45) is 0 Å². The van der Waals surface area contributed by atoms with Crippen molar-refractivity contribution < 1.29 is 4.39 Å². The maximum atomic E-state index is 12.8. The van der Waals surface area contributed by atoms with Gasteiger partial charge in [-0.15, -0.1) is 0 Å². The minimum absolute atomic E-state index is 0.203. The second-order valence-corrected chi connectivity index (χ2v) is 4.78. The Morgan fingerprint density at radius 1 is 0.895 bits per heavy atom. The first kappa shape index (κ1) is 13.6. The zero-order chi connectivity index (χ0) is 13.5. The van der Waals surface area contributed by atoms with Gasteiger partial charge in [-0.1, -0.05) is 37.6 Å². The lowest BCUT2D eigenvalue weighted by molar-refractivity contribution is 0.628. The summed E-state index contributed by atoms with van der Waals surface area (Å²) in [4.78, 5) is 0. The van der Waals surface area contributed by atoms with Crippen molar-refractivity contribution in [1.29, 1.82) is 0 Å². The van der Waals surface area contributed by atoms with E-state index in [1.807, 2.05) is 0 Å². The molecule has 2 aromatic carbocycles. The van der Waals surface area contributed by atoms with Crippen LogP contribution in [0, 0.1) is 5.82 Å². The highest BCUT2D eigenvalue weighted by molar-refractivity contribution is 5.43. The minimum Gasteiger partial charge on any atom is -0.381 e. The van der Waals surface area contributed by atoms with Crippen LogP contribution >= 0.6 is 0 Å². The van der Waals surface area contributed by atoms with Crippen molar-refractivity contribution in [2.75, 3.05) is 5.32 Å². The van der Waals surface area contributed by atoms with Gasteiger partial charge in [-0.25, -0.2) is 4.39 Å². The molecule has 0 amide bonds. The summed E-state index contributed by atoms with van der Waals surface area (Å²) in [6.07, 6.45) is 3.63. The van der Waals surface area contributed by atoms with E-state index in [4.69, 9.17) is 0 Å². The number of hydrogen-bond donors (Lipinski definition) is 1. The lowest BCUT2D eigenvalue weighted by atomic mass is 10.1. The number of unbranched alkanes of at least 4 members (excludes halogenated alkanes) is 1. The number of nitrogens with one attached hydrogen (secondary N) is 1. The molecule has 0 saturated heterocycles. The molecule has 0 aromatic heterocycles. The molecule has 0 bridgehead atoms. The maximum Gasteiger partial charge on any atom is 0.123 e. The van der Waals surface area contributed by atoms with Crippen LogP contribution in [0.15, 0.2) is 48.5 Å². The summed E-state index contributed by atoms with van der Waals surface area (Å²) in [6, 6.07) is 15.1. The summed E-state index contributed by atoms with van der Waals surface area (Å²) in [5.41, 5.74) is 3.58. The predicted molar refractivity (Wildman–Crippen MR) is 78.8 cm³/mol. The fraction of sp³-hybridized carbons (Fsp3) is 0.294. The number of rotatable bonds is 6. The molecule has 100 valence electrons. The van der Waals surface area contributed by atoms with E-state index in [-0.39, 0.29) is 5.82 Å². The van der Waals surface area contributed by atoms with Gasteiger partial charge in [-0.05, 0) is 48.2 Å². The van der Waals surface area contributed by atoms with Crippen molar-refractivity contribution in [3.63, 3.8) is 0 Å². The van der Waals surface area contributed by atoms with Gasteiger partial charge in [-0.2, -0.15) is 0 Å². The lowest BCUT2D eigenvalue weighted by Gasteiger charge is -2.07. The molecule has 0 atom stereocenters. The topological polar surface area (TPSA) is 12.0 Å². The summed E-state index contributed by atoms with van der Waals surface area (Å²) in [5, 5.41) is 3.28. The third kappa shape index (κ3) is 4.40. The number of halogens is 1. The zero-order valence-electron chi connectivity index (χ0n) is 11.3. The molecule has 0 aliphatic rings. The van der Waals surface area contributed by atoms with Gasteiger partial charge in [0.15, 0.2) is 0 Å². The molecule has 0 aliphatic heterocycles. The highest BCUT2D eigenvalue weighted by atomic mass is 19.1. The van der Waals surface area contributed by atoms with Gasteiger partial charge in [0.2, 0.25) is 0 Å². The van der Waals surface area contributed by atoms with Crippen molar-refractivity contribution >= 4 is 5.69 Å². The van der Waals surface area contributed by atoms with Crippen LogP contribution < -0.4 is 5.32 Å². The van der Waals surface area contributed by atoms with E-state index in [1.54, 1.807) is 12.1 Å². The molecule has 1 N–H and O–H groups in total. The second-order valence-electron chi connectivity index (χ2n) is 4.78. The van der Waals surface area contributed by atoms with Gasteiger partial charge in [-0.3, -0.25) is 0 Å². The Bertz CT molecular complexity index is 488. The number of aryl methyl sites for hydroxylation is 1. The van der Waals surface area contributed by atoms with Crippen LogP contribution in [-0.4, -0.2) is 0 Å². The molecule has 0 aliphatic carbocycles. The first-order chi connectivity index (χ1) is 9.28. The van der Waals surface area contributed by atoms with E-state index in [9.17, 15) is 4.39 Å². The summed E-state index contributed by atoms with van der Waals surface area (Å²) in [5.74, 6) is -0.203. The number of anilines is 1. The normalized spacial score (nSPS) is 10.4. The van der Waals surface area contributed by atoms with Crippen LogP contribution in [-0.2, 0) is 13.0 Å². The Hall–Kier alpha value is -1.83. The summed E-state index contributed by atoms with van der Waals surface area (Å²) in [7, 11) is 0. The lowest BCUT2D eigenvalue weighted by Crippen LogP contribution is -1.99. The largest absolute Gasteiger partial charge is 0.381 e. The van der Waals surface area contributed by atoms with E-state index >= 15 is 0 Å². The van der Waals surface area contributed by atoms with Crippen molar-refractivity contribution in [3.05, 3.63) is 65.5 Å². The SMILES string of the molecule is CCCCc1ccc(CNc2ccc(F)cc2)cc1. The Labute approximate surface area is 114 Å². The molecule has 0 spiro atoms. The van der Waals surface area contributed by atoms with Gasteiger partial charge in [0.25, 0.3) is 0 Å². The average molecular weight is 257 g/mol. The van der Waals surface area contributed by atoms with Crippen LogP contribution in [0.1, 0.15) is 30.9 Å². The zero-order valence-corrected chi connectivity index (χ0v) is 11.3. The van der Waals surface area contributed by atoms with Crippen LogP contribution in [0.4, 0.5) is 10.1 Å². The molecule has 19 heavy (non-hydrogen) atoms. The van der Waals surface area contributed by atoms with Gasteiger partial charge in [0.05, 0.1) is 0 Å². The molecule has 0 radical (unpaired) electrons. The Balaban J connectivity index is 1.87. The minimum atomic E-state index is -0.203. The molecule has 2 heteroatoms. The highest BCUT2D eigenvalue weighted by Crippen LogP contribution is 2.12. The van der Waals surface area contributed by atoms with E-state index < -0.39 is 0 Å². The molecule has 0 heterocycles. The summed E-state index contributed by atoms with van der Waals surface area (Å²) < 4.78 is 12.8. The van der Waals surface area contributed by atoms with Gasteiger partial charge < -0.3 is 5.32 Å². The first-order valence-electron chi connectivity index (χ1n) is 6.85. The average Bonchev–Trinajstić information content (AvgIpc) is 2.46. The van der Waals surface area contributed by atoms with Gasteiger partial charge >= 0.3 is 0 Å². The molecule has 2 aromatic rings. The number of benzene rings is 2. The van der Waals surface area contributed by atoms with E-state index in [0.29, 0.717) is 0 Å². The summed E-state index contributed by atoms with van der Waals surface area (Å²) >= 11 is 0. The molecule has 1 nitrogen and oxygen atoms in total. The van der Waals surface area contributed by atoms with Crippen LogP contribution in [0.5, 0.6) is 0 Å². The van der Waals surface area contributed by atoms with E-state index in [2.05, 4.69) is 36.5 Å². The molecule has 0 fully saturated rings. The second kappa shape index (κ2) is 6.93. The smallest absolute Gasteiger partial charge is 0.123 e.